The molecule has 0 spiro atoms. The van der Waals surface area contributed by atoms with Crippen LogP contribution in [0.25, 0.3) is 0 Å². The average Bonchev–Trinajstić information content (AvgIpc) is 2.23. The lowest BCUT2D eigenvalue weighted by Crippen LogP contribution is -2.10. The quantitative estimate of drug-likeness (QED) is 0.727. The number of anilines is 1. The van der Waals surface area contributed by atoms with Crippen molar-refractivity contribution in [3.63, 3.8) is 0 Å². The average molecular weight is 245 g/mol. The minimum atomic E-state index is -2.89. The van der Waals surface area contributed by atoms with Gasteiger partial charge in [-0.05, 0) is 6.42 Å². The summed E-state index contributed by atoms with van der Waals surface area (Å²) >= 11 is 0. The fourth-order valence-corrected chi connectivity index (χ4v) is 1.77. The molecule has 90 valence electrons. The van der Waals surface area contributed by atoms with Crippen LogP contribution in [0.3, 0.4) is 0 Å². The maximum absolute atomic E-state index is 10.9. The van der Waals surface area contributed by atoms with Crippen molar-refractivity contribution >= 4 is 15.7 Å². The van der Waals surface area contributed by atoms with E-state index in [0.29, 0.717) is 24.7 Å². The Morgan fingerprint density at radius 1 is 1.44 bits per heavy atom. The van der Waals surface area contributed by atoms with Crippen molar-refractivity contribution in [3.8, 4) is 5.88 Å². The van der Waals surface area contributed by atoms with E-state index in [-0.39, 0.29) is 5.75 Å². The summed E-state index contributed by atoms with van der Waals surface area (Å²) in [6.07, 6.45) is 3.16. The summed E-state index contributed by atoms with van der Waals surface area (Å²) in [5.41, 5.74) is 0. The molecule has 1 aromatic heterocycles. The number of rotatable bonds is 6. The lowest BCUT2D eigenvalue weighted by Gasteiger charge is -2.05. The molecule has 0 unspecified atom stereocenters. The van der Waals surface area contributed by atoms with Crippen molar-refractivity contribution in [2.24, 2.45) is 0 Å². The third-order valence-electron chi connectivity index (χ3n) is 1.85. The van der Waals surface area contributed by atoms with E-state index in [4.69, 9.17) is 4.74 Å². The van der Waals surface area contributed by atoms with Gasteiger partial charge in [-0.15, -0.1) is 0 Å². The maximum Gasteiger partial charge on any atom is 0.218 e. The van der Waals surface area contributed by atoms with Crippen LogP contribution in [-0.4, -0.2) is 44.0 Å². The van der Waals surface area contributed by atoms with E-state index < -0.39 is 9.84 Å². The van der Waals surface area contributed by atoms with E-state index >= 15 is 0 Å². The fourth-order valence-electron chi connectivity index (χ4n) is 1.10. The Morgan fingerprint density at radius 3 is 2.81 bits per heavy atom. The molecule has 0 amide bonds. The van der Waals surface area contributed by atoms with Crippen LogP contribution in [0.15, 0.2) is 12.4 Å². The zero-order valence-electron chi connectivity index (χ0n) is 9.30. The zero-order chi connectivity index (χ0) is 12.0. The molecule has 0 aliphatic heterocycles. The Balaban J connectivity index is 2.37. The number of methoxy groups -OCH3 is 1. The number of hydrogen-bond donors (Lipinski definition) is 1. The second-order valence-corrected chi connectivity index (χ2v) is 5.62. The highest BCUT2D eigenvalue weighted by molar-refractivity contribution is 7.90. The van der Waals surface area contributed by atoms with Gasteiger partial charge in [-0.25, -0.2) is 18.4 Å². The summed E-state index contributed by atoms with van der Waals surface area (Å²) in [4.78, 5) is 7.83. The van der Waals surface area contributed by atoms with Crippen LogP contribution < -0.4 is 10.1 Å². The first-order valence-corrected chi connectivity index (χ1v) is 6.85. The highest BCUT2D eigenvalue weighted by Gasteiger charge is 2.02. The van der Waals surface area contributed by atoms with Gasteiger partial charge >= 0.3 is 0 Å². The molecular formula is C9H15N3O3S. The SMILES string of the molecule is COc1cc(NCCCS(C)(=O)=O)ncn1. The molecule has 0 aliphatic carbocycles. The molecule has 0 aromatic carbocycles. The molecule has 16 heavy (non-hydrogen) atoms. The van der Waals surface area contributed by atoms with Crippen LogP contribution in [0.2, 0.25) is 0 Å². The molecule has 6 nitrogen and oxygen atoms in total. The van der Waals surface area contributed by atoms with Crippen molar-refractivity contribution in [2.75, 3.05) is 31.0 Å². The van der Waals surface area contributed by atoms with Crippen molar-refractivity contribution in [1.82, 2.24) is 9.97 Å². The topological polar surface area (TPSA) is 81.2 Å². The summed E-state index contributed by atoms with van der Waals surface area (Å²) in [5.74, 6) is 1.27. The second-order valence-electron chi connectivity index (χ2n) is 3.36. The van der Waals surface area contributed by atoms with E-state index in [1.165, 1.54) is 19.7 Å². The van der Waals surface area contributed by atoms with E-state index in [2.05, 4.69) is 15.3 Å². The first-order valence-electron chi connectivity index (χ1n) is 4.79. The van der Waals surface area contributed by atoms with Gasteiger partial charge in [0, 0.05) is 18.9 Å². The van der Waals surface area contributed by atoms with Crippen molar-refractivity contribution in [1.29, 1.82) is 0 Å². The van der Waals surface area contributed by atoms with Crippen LogP contribution in [0.5, 0.6) is 5.88 Å². The molecule has 1 heterocycles. The van der Waals surface area contributed by atoms with Crippen LogP contribution in [0, 0.1) is 0 Å². The zero-order valence-corrected chi connectivity index (χ0v) is 10.1. The fraction of sp³-hybridized carbons (Fsp3) is 0.556. The standard InChI is InChI=1S/C9H15N3O3S/c1-15-9-6-8(11-7-12-9)10-4-3-5-16(2,13)14/h6-7H,3-5H2,1-2H3,(H,10,11,12). The maximum atomic E-state index is 10.9. The number of nitrogens with zero attached hydrogens (tertiary/aromatic N) is 2. The van der Waals surface area contributed by atoms with Gasteiger partial charge in [0.25, 0.3) is 0 Å². The molecule has 0 aliphatic rings. The van der Waals surface area contributed by atoms with Gasteiger partial charge < -0.3 is 10.1 Å². The Bertz CT molecular complexity index is 433. The molecule has 0 bridgehead atoms. The van der Waals surface area contributed by atoms with Crippen molar-refractivity contribution < 1.29 is 13.2 Å². The van der Waals surface area contributed by atoms with E-state index in [0.717, 1.165) is 0 Å². The van der Waals surface area contributed by atoms with Gasteiger partial charge in [0.2, 0.25) is 5.88 Å². The smallest absolute Gasteiger partial charge is 0.218 e. The van der Waals surface area contributed by atoms with Gasteiger partial charge in [0.1, 0.15) is 22.0 Å². The number of ether oxygens (including phenoxy) is 1. The summed E-state index contributed by atoms with van der Waals surface area (Å²) in [6, 6.07) is 1.65. The molecule has 0 saturated heterocycles. The number of aromatic nitrogens is 2. The van der Waals surface area contributed by atoms with Gasteiger partial charge in [-0.3, -0.25) is 0 Å². The van der Waals surface area contributed by atoms with E-state index in [1.807, 2.05) is 0 Å². The Kier molecular flexibility index (Phi) is 4.48. The summed E-state index contributed by atoms with van der Waals surface area (Å²) in [6.45, 7) is 0.549. The molecule has 1 aromatic rings. The first kappa shape index (κ1) is 12.7. The van der Waals surface area contributed by atoms with E-state index in [1.54, 1.807) is 6.07 Å². The molecule has 7 heteroatoms. The monoisotopic (exact) mass is 245 g/mol. The Morgan fingerprint density at radius 2 is 2.19 bits per heavy atom. The van der Waals surface area contributed by atoms with Crippen LogP contribution in [0.1, 0.15) is 6.42 Å². The molecule has 0 atom stereocenters. The third kappa shape index (κ3) is 4.92. The van der Waals surface area contributed by atoms with Crippen molar-refractivity contribution in [2.45, 2.75) is 6.42 Å². The normalized spacial score (nSPS) is 11.1. The Hall–Kier alpha value is -1.37. The molecular weight excluding hydrogens is 230 g/mol. The lowest BCUT2D eigenvalue weighted by atomic mass is 10.4. The van der Waals surface area contributed by atoms with Gasteiger partial charge in [0.15, 0.2) is 0 Å². The van der Waals surface area contributed by atoms with Gasteiger partial charge in [0.05, 0.1) is 12.9 Å². The summed E-state index contributed by atoms with van der Waals surface area (Å²) < 4.78 is 26.7. The predicted molar refractivity (Wildman–Crippen MR) is 61.4 cm³/mol. The van der Waals surface area contributed by atoms with Gasteiger partial charge in [-0.2, -0.15) is 0 Å². The van der Waals surface area contributed by atoms with Gasteiger partial charge in [-0.1, -0.05) is 0 Å². The molecule has 1 rings (SSSR count). The molecule has 0 radical (unpaired) electrons. The molecule has 0 saturated carbocycles. The number of nitrogens with one attached hydrogen (secondary N) is 1. The first-order chi connectivity index (χ1) is 7.51. The summed E-state index contributed by atoms with van der Waals surface area (Å²) in [5, 5.41) is 3.00. The minimum Gasteiger partial charge on any atom is -0.481 e. The predicted octanol–water partition coefficient (Wildman–Crippen LogP) is 0.332. The third-order valence-corrected chi connectivity index (χ3v) is 2.88. The second kappa shape index (κ2) is 5.64. The number of hydrogen-bond acceptors (Lipinski definition) is 6. The molecule has 1 N–H and O–H groups in total. The highest BCUT2D eigenvalue weighted by Crippen LogP contribution is 2.09. The molecule has 0 fully saturated rings. The number of sulfone groups is 1. The van der Waals surface area contributed by atoms with Crippen LogP contribution in [-0.2, 0) is 9.84 Å². The van der Waals surface area contributed by atoms with E-state index in [9.17, 15) is 8.42 Å². The lowest BCUT2D eigenvalue weighted by molar-refractivity contribution is 0.397. The minimum absolute atomic E-state index is 0.169. The van der Waals surface area contributed by atoms with Crippen LogP contribution in [0.4, 0.5) is 5.82 Å². The summed E-state index contributed by atoms with van der Waals surface area (Å²) in [7, 11) is -1.37. The Labute approximate surface area is 95.0 Å². The highest BCUT2D eigenvalue weighted by atomic mass is 32.2. The van der Waals surface area contributed by atoms with Crippen molar-refractivity contribution in [3.05, 3.63) is 12.4 Å². The largest absolute Gasteiger partial charge is 0.481 e. The van der Waals surface area contributed by atoms with Crippen LogP contribution >= 0.6 is 0 Å².